The predicted molar refractivity (Wildman–Crippen MR) is 121 cm³/mol. The number of hydrogen-bond donors (Lipinski definition) is 1. The molecular weight excluding hydrogens is 431 g/mol. The van der Waals surface area contributed by atoms with Gasteiger partial charge in [0.2, 0.25) is 11.1 Å². The molecule has 2 aromatic carbocycles. The number of rotatable bonds is 3. The van der Waals surface area contributed by atoms with Gasteiger partial charge in [-0.25, -0.2) is 9.07 Å². The number of thioether (sulfide) groups is 1. The minimum absolute atomic E-state index is 0.178. The molecule has 0 spiro atoms. The van der Waals surface area contributed by atoms with Gasteiger partial charge in [-0.05, 0) is 47.5 Å². The highest BCUT2D eigenvalue weighted by molar-refractivity contribution is 7.98. The van der Waals surface area contributed by atoms with Crippen LogP contribution < -0.4 is 10.1 Å². The molecule has 0 saturated carbocycles. The Kier molecular flexibility index (Phi) is 4.36. The summed E-state index contributed by atoms with van der Waals surface area (Å²) in [5.74, 6) is 1.22. The maximum Gasteiger partial charge on any atom is 0.227 e. The van der Waals surface area contributed by atoms with Gasteiger partial charge in [-0.15, -0.1) is 16.4 Å². The van der Waals surface area contributed by atoms with E-state index in [2.05, 4.69) is 21.7 Å². The summed E-state index contributed by atoms with van der Waals surface area (Å²) in [6.45, 7) is 0. The van der Waals surface area contributed by atoms with E-state index >= 15 is 0 Å². The number of nitrogens with zero attached hydrogens (tertiary/aromatic N) is 3. The number of fused-ring (bicyclic) bond motifs is 3. The van der Waals surface area contributed by atoms with Gasteiger partial charge < -0.3 is 10.1 Å². The second-order valence-electron chi connectivity index (χ2n) is 7.29. The highest BCUT2D eigenvalue weighted by Gasteiger charge is 2.41. The standard InChI is InChI=1S/C23H17FN4OS2/c1-30-23-26-22-25-19-15-5-2-3-6-16(15)29-21(13-8-10-14(24)11-9-13)18(19)20(28(22)27-23)17-7-4-12-31-17/h2-12,20-21H,1H3,(H,25,26,27)/t20-,21+/m1/s1. The topological polar surface area (TPSA) is 52.0 Å². The molecular formula is C23H17FN4OS2. The van der Waals surface area contributed by atoms with E-state index in [0.717, 1.165) is 33.0 Å². The van der Waals surface area contributed by atoms with Gasteiger partial charge in [-0.1, -0.05) is 42.1 Å². The molecule has 0 radical (unpaired) electrons. The molecule has 0 fully saturated rings. The van der Waals surface area contributed by atoms with E-state index in [0.29, 0.717) is 11.1 Å². The van der Waals surface area contributed by atoms with Crippen LogP contribution in [0.2, 0.25) is 0 Å². The summed E-state index contributed by atoms with van der Waals surface area (Å²) in [6, 6.07) is 18.5. The van der Waals surface area contributed by atoms with Crippen molar-refractivity contribution >= 4 is 34.7 Å². The zero-order valence-electron chi connectivity index (χ0n) is 16.4. The molecule has 5 nitrogen and oxygen atoms in total. The van der Waals surface area contributed by atoms with Crippen molar-refractivity contribution in [2.45, 2.75) is 17.3 Å². The quantitative estimate of drug-likeness (QED) is 0.404. The molecule has 4 aromatic rings. The highest BCUT2D eigenvalue weighted by atomic mass is 32.2. The number of hydrogen-bond acceptors (Lipinski definition) is 6. The third-order valence-electron chi connectivity index (χ3n) is 5.53. The summed E-state index contributed by atoms with van der Waals surface area (Å²) in [6.07, 6.45) is 1.58. The maximum atomic E-state index is 13.7. The Morgan fingerprint density at radius 3 is 2.71 bits per heavy atom. The van der Waals surface area contributed by atoms with E-state index in [4.69, 9.17) is 9.84 Å². The summed E-state index contributed by atoms with van der Waals surface area (Å²) in [5.41, 5.74) is 3.89. The lowest BCUT2D eigenvalue weighted by Gasteiger charge is -2.38. The lowest BCUT2D eigenvalue weighted by Crippen LogP contribution is -2.32. The van der Waals surface area contributed by atoms with Gasteiger partial charge in [0.05, 0.1) is 5.70 Å². The van der Waals surface area contributed by atoms with E-state index in [1.165, 1.54) is 23.9 Å². The van der Waals surface area contributed by atoms with Gasteiger partial charge in [0.15, 0.2) is 0 Å². The second kappa shape index (κ2) is 7.25. The second-order valence-corrected chi connectivity index (χ2v) is 9.04. The van der Waals surface area contributed by atoms with Gasteiger partial charge >= 0.3 is 0 Å². The predicted octanol–water partition coefficient (Wildman–Crippen LogP) is 5.76. The van der Waals surface area contributed by atoms with Crippen LogP contribution in [0.25, 0.3) is 5.70 Å². The number of aromatic nitrogens is 3. The zero-order valence-corrected chi connectivity index (χ0v) is 18.1. The van der Waals surface area contributed by atoms with Crippen LogP contribution in [-0.2, 0) is 0 Å². The Balaban J connectivity index is 1.62. The monoisotopic (exact) mass is 448 g/mol. The Morgan fingerprint density at radius 2 is 1.94 bits per heavy atom. The average molecular weight is 449 g/mol. The fourth-order valence-electron chi connectivity index (χ4n) is 4.18. The summed E-state index contributed by atoms with van der Waals surface area (Å²) in [5, 5.41) is 11.0. The number of nitrogens with one attached hydrogen (secondary N) is 1. The van der Waals surface area contributed by atoms with Crippen LogP contribution in [0.4, 0.5) is 10.3 Å². The van der Waals surface area contributed by atoms with Crippen molar-refractivity contribution < 1.29 is 9.13 Å². The molecule has 2 aromatic heterocycles. The molecule has 8 heteroatoms. The van der Waals surface area contributed by atoms with Crippen LogP contribution in [0.3, 0.4) is 0 Å². The van der Waals surface area contributed by atoms with Gasteiger partial charge in [0, 0.05) is 16.0 Å². The van der Waals surface area contributed by atoms with Crippen molar-refractivity contribution in [3.63, 3.8) is 0 Å². The number of ether oxygens (including phenoxy) is 1. The molecule has 2 aliphatic heterocycles. The van der Waals surface area contributed by atoms with E-state index in [1.807, 2.05) is 41.3 Å². The van der Waals surface area contributed by atoms with E-state index < -0.39 is 0 Å². The number of halogens is 1. The van der Waals surface area contributed by atoms with Crippen molar-refractivity contribution in [1.82, 2.24) is 14.8 Å². The van der Waals surface area contributed by atoms with Gasteiger partial charge in [0.1, 0.15) is 23.7 Å². The van der Waals surface area contributed by atoms with Crippen molar-refractivity contribution in [2.24, 2.45) is 0 Å². The minimum atomic E-state index is -0.389. The molecule has 31 heavy (non-hydrogen) atoms. The first-order valence-corrected chi connectivity index (χ1v) is 11.9. The zero-order chi connectivity index (χ0) is 20.9. The summed E-state index contributed by atoms with van der Waals surface area (Å²) in [7, 11) is 0. The maximum absolute atomic E-state index is 13.7. The van der Waals surface area contributed by atoms with Gasteiger partial charge in [-0.3, -0.25) is 0 Å². The summed E-state index contributed by atoms with van der Waals surface area (Å²) < 4.78 is 22.1. The number of benzene rings is 2. The molecule has 2 atom stereocenters. The fourth-order valence-corrected chi connectivity index (χ4v) is 5.35. The smallest absolute Gasteiger partial charge is 0.227 e. The molecule has 154 valence electrons. The van der Waals surface area contributed by atoms with Gasteiger partial charge in [0.25, 0.3) is 0 Å². The first-order valence-electron chi connectivity index (χ1n) is 9.79. The van der Waals surface area contributed by atoms with Crippen LogP contribution in [0, 0.1) is 5.82 Å². The average Bonchev–Trinajstić information content (AvgIpc) is 3.47. The fraction of sp³-hybridized carbons (Fsp3) is 0.130. The van der Waals surface area contributed by atoms with E-state index in [1.54, 1.807) is 23.5 Å². The molecule has 0 amide bonds. The first kappa shape index (κ1) is 18.7. The first-order chi connectivity index (χ1) is 15.2. The van der Waals surface area contributed by atoms with Crippen molar-refractivity contribution in [3.8, 4) is 5.75 Å². The molecule has 4 heterocycles. The Morgan fingerprint density at radius 1 is 1.10 bits per heavy atom. The largest absolute Gasteiger partial charge is 0.480 e. The number of anilines is 1. The molecule has 0 aliphatic carbocycles. The van der Waals surface area contributed by atoms with Crippen LogP contribution in [-0.4, -0.2) is 21.0 Å². The van der Waals surface area contributed by atoms with Crippen LogP contribution >= 0.6 is 23.1 Å². The van der Waals surface area contributed by atoms with E-state index in [9.17, 15) is 4.39 Å². The molecule has 1 N–H and O–H groups in total. The van der Waals surface area contributed by atoms with Crippen LogP contribution in [0.1, 0.15) is 28.1 Å². The van der Waals surface area contributed by atoms with Crippen molar-refractivity contribution in [3.05, 3.63) is 93.4 Å². The van der Waals surface area contributed by atoms with Crippen molar-refractivity contribution in [1.29, 1.82) is 0 Å². The van der Waals surface area contributed by atoms with E-state index in [-0.39, 0.29) is 18.0 Å². The Labute approximate surface area is 186 Å². The normalized spacial score (nSPS) is 19.2. The molecule has 0 bridgehead atoms. The highest BCUT2D eigenvalue weighted by Crippen LogP contribution is 2.51. The Bertz CT molecular complexity index is 1300. The van der Waals surface area contributed by atoms with Crippen LogP contribution in [0.15, 0.2) is 76.8 Å². The molecule has 6 rings (SSSR count). The lowest BCUT2D eigenvalue weighted by molar-refractivity contribution is 0.223. The molecule has 0 saturated heterocycles. The molecule has 0 unspecified atom stereocenters. The third kappa shape index (κ3) is 2.97. The SMILES string of the molecule is CSc1nc2n(n1)[C@H](c1cccs1)C1=C(N2)c2ccccc2O[C@H]1c1ccc(F)cc1. The summed E-state index contributed by atoms with van der Waals surface area (Å²) in [4.78, 5) is 5.83. The molecule has 2 aliphatic rings. The summed E-state index contributed by atoms with van der Waals surface area (Å²) >= 11 is 3.18. The van der Waals surface area contributed by atoms with Crippen LogP contribution in [0.5, 0.6) is 5.75 Å². The number of thiophene rings is 1. The number of para-hydroxylation sites is 1. The third-order valence-corrected chi connectivity index (χ3v) is 6.99. The Hall–Kier alpha value is -3.10. The lowest BCUT2D eigenvalue weighted by atomic mass is 9.87. The van der Waals surface area contributed by atoms with Crippen molar-refractivity contribution in [2.75, 3.05) is 11.6 Å². The van der Waals surface area contributed by atoms with Gasteiger partial charge in [-0.2, -0.15) is 4.98 Å². The minimum Gasteiger partial charge on any atom is -0.480 e.